The lowest BCUT2D eigenvalue weighted by Crippen LogP contribution is -2.29. The molecule has 1 unspecified atom stereocenters. The Morgan fingerprint density at radius 2 is 2.21 bits per heavy atom. The minimum absolute atomic E-state index is 0.113. The van der Waals surface area contributed by atoms with Crippen molar-refractivity contribution in [1.29, 1.82) is 0 Å². The number of hydrogen-bond donors (Lipinski definition) is 1. The second kappa shape index (κ2) is 7.59. The molecule has 0 aliphatic rings. The Bertz CT molecular complexity index is 816. The summed E-state index contributed by atoms with van der Waals surface area (Å²) in [4.78, 5) is 17.2. The summed E-state index contributed by atoms with van der Waals surface area (Å²) < 4.78 is 1.86. The second-order valence-corrected chi connectivity index (χ2v) is 6.99. The number of rotatable bonds is 6. The lowest BCUT2D eigenvalue weighted by Gasteiger charge is -2.12. The van der Waals surface area contributed by atoms with Crippen LogP contribution in [0.3, 0.4) is 0 Å². The number of hydrogen-bond acceptors (Lipinski definition) is 4. The van der Waals surface area contributed by atoms with Crippen molar-refractivity contribution in [1.82, 2.24) is 20.1 Å². The van der Waals surface area contributed by atoms with E-state index in [1.807, 2.05) is 41.2 Å². The third-order valence-corrected chi connectivity index (χ3v) is 4.86. The standard InChI is InChI=1S/C17H17ClN4OS/c1-12(11-22-8-4-7-21-22)9-19-16(23)15-10-20-17(24-15)13-5-2-3-6-14(13)18/h2-8,10,12H,9,11H2,1H3,(H,19,23). The van der Waals surface area contributed by atoms with E-state index in [4.69, 9.17) is 11.6 Å². The van der Waals surface area contributed by atoms with Gasteiger partial charge in [0.15, 0.2) is 0 Å². The SMILES string of the molecule is CC(CNC(=O)c1cnc(-c2ccccc2Cl)s1)Cn1cccn1. The number of amides is 1. The van der Waals surface area contributed by atoms with Crippen LogP contribution in [0.15, 0.2) is 48.9 Å². The van der Waals surface area contributed by atoms with E-state index in [2.05, 4.69) is 22.3 Å². The number of carbonyl (C=O) groups excluding carboxylic acids is 1. The smallest absolute Gasteiger partial charge is 0.263 e. The molecule has 1 N–H and O–H groups in total. The summed E-state index contributed by atoms with van der Waals surface area (Å²) in [5, 5.41) is 8.49. The van der Waals surface area contributed by atoms with Gasteiger partial charge in [0.1, 0.15) is 9.88 Å². The molecule has 3 aromatic rings. The van der Waals surface area contributed by atoms with E-state index in [1.54, 1.807) is 12.4 Å². The first-order valence-corrected chi connectivity index (χ1v) is 8.79. The van der Waals surface area contributed by atoms with Crippen LogP contribution in [0.25, 0.3) is 10.6 Å². The highest BCUT2D eigenvalue weighted by Gasteiger charge is 2.14. The molecule has 0 radical (unpaired) electrons. The number of halogens is 1. The molecule has 2 heterocycles. The molecule has 0 fully saturated rings. The third kappa shape index (κ3) is 4.01. The summed E-state index contributed by atoms with van der Waals surface area (Å²) >= 11 is 7.52. The van der Waals surface area contributed by atoms with E-state index < -0.39 is 0 Å². The fraction of sp³-hybridized carbons (Fsp3) is 0.235. The molecule has 124 valence electrons. The molecule has 0 spiro atoms. The number of nitrogens with zero attached hydrogens (tertiary/aromatic N) is 3. The van der Waals surface area contributed by atoms with Crippen LogP contribution in [0.1, 0.15) is 16.6 Å². The van der Waals surface area contributed by atoms with Gasteiger partial charge in [-0.05, 0) is 18.1 Å². The maximum absolute atomic E-state index is 12.3. The fourth-order valence-corrected chi connectivity index (χ4v) is 3.44. The quantitative estimate of drug-likeness (QED) is 0.728. The topological polar surface area (TPSA) is 59.8 Å². The highest BCUT2D eigenvalue weighted by Crippen LogP contribution is 2.30. The van der Waals surface area contributed by atoms with Gasteiger partial charge in [0, 0.05) is 31.0 Å². The second-order valence-electron chi connectivity index (χ2n) is 5.55. The monoisotopic (exact) mass is 360 g/mol. The van der Waals surface area contributed by atoms with E-state index >= 15 is 0 Å². The van der Waals surface area contributed by atoms with Gasteiger partial charge in [-0.25, -0.2) is 4.98 Å². The van der Waals surface area contributed by atoms with E-state index in [1.165, 1.54) is 11.3 Å². The molecule has 7 heteroatoms. The van der Waals surface area contributed by atoms with E-state index in [-0.39, 0.29) is 11.8 Å². The molecule has 0 saturated heterocycles. The summed E-state index contributed by atoms with van der Waals surface area (Å²) in [7, 11) is 0. The molecule has 0 aliphatic heterocycles. The molecular weight excluding hydrogens is 344 g/mol. The minimum atomic E-state index is -0.113. The zero-order valence-electron chi connectivity index (χ0n) is 13.1. The van der Waals surface area contributed by atoms with Crippen molar-refractivity contribution in [3.8, 4) is 10.6 Å². The van der Waals surface area contributed by atoms with Crippen molar-refractivity contribution in [2.75, 3.05) is 6.54 Å². The van der Waals surface area contributed by atoms with Crippen molar-refractivity contribution < 1.29 is 4.79 Å². The number of aromatic nitrogens is 3. The largest absolute Gasteiger partial charge is 0.351 e. The van der Waals surface area contributed by atoms with Gasteiger partial charge in [-0.2, -0.15) is 5.10 Å². The van der Waals surface area contributed by atoms with Crippen LogP contribution in [0.5, 0.6) is 0 Å². The number of thiazole rings is 1. The zero-order valence-corrected chi connectivity index (χ0v) is 14.7. The van der Waals surface area contributed by atoms with E-state index in [9.17, 15) is 4.79 Å². The average molecular weight is 361 g/mol. The third-order valence-electron chi connectivity index (χ3n) is 3.50. The molecule has 1 amide bonds. The predicted octanol–water partition coefficient (Wildman–Crippen LogP) is 3.73. The summed E-state index contributed by atoms with van der Waals surface area (Å²) in [6, 6.07) is 9.37. The van der Waals surface area contributed by atoms with E-state index in [0.29, 0.717) is 16.4 Å². The molecule has 3 rings (SSSR count). The first-order chi connectivity index (χ1) is 11.6. The fourth-order valence-electron chi connectivity index (χ4n) is 2.28. The predicted molar refractivity (Wildman–Crippen MR) is 96.3 cm³/mol. The van der Waals surface area contributed by atoms with Crippen molar-refractivity contribution >= 4 is 28.8 Å². The Hall–Kier alpha value is -2.18. The van der Waals surface area contributed by atoms with Crippen molar-refractivity contribution in [3.63, 3.8) is 0 Å². The van der Waals surface area contributed by atoms with Gasteiger partial charge in [0.2, 0.25) is 0 Å². The zero-order chi connectivity index (χ0) is 16.9. The van der Waals surface area contributed by atoms with Crippen LogP contribution in [-0.2, 0) is 6.54 Å². The van der Waals surface area contributed by atoms with Gasteiger partial charge in [-0.1, -0.05) is 36.7 Å². The summed E-state index contributed by atoms with van der Waals surface area (Å²) in [5.74, 6) is 0.169. The molecule has 1 atom stereocenters. The Kier molecular flexibility index (Phi) is 5.27. The summed E-state index contributed by atoms with van der Waals surface area (Å²) in [6.07, 6.45) is 5.26. The van der Waals surface area contributed by atoms with Crippen LogP contribution in [-0.4, -0.2) is 27.2 Å². The van der Waals surface area contributed by atoms with Gasteiger partial charge in [-0.15, -0.1) is 11.3 Å². The minimum Gasteiger partial charge on any atom is -0.351 e. The lowest BCUT2D eigenvalue weighted by molar-refractivity contribution is 0.0950. The Labute approximate surface area is 149 Å². The lowest BCUT2D eigenvalue weighted by atomic mass is 10.2. The van der Waals surface area contributed by atoms with E-state index in [0.717, 1.165) is 17.1 Å². The van der Waals surface area contributed by atoms with Gasteiger partial charge in [0.25, 0.3) is 5.91 Å². The average Bonchev–Trinajstić information content (AvgIpc) is 3.25. The molecule has 0 bridgehead atoms. The Morgan fingerprint density at radius 1 is 1.38 bits per heavy atom. The highest BCUT2D eigenvalue weighted by atomic mass is 35.5. The van der Waals surface area contributed by atoms with Crippen molar-refractivity contribution in [3.05, 3.63) is 58.8 Å². The maximum Gasteiger partial charge on any atom is 0.263 e. The van der Waals surface area contributed by atoms with Gasteiger partial charge in [-0.3, -0.25) is 9.48 Å². The van der Waals surface area contributed by atoms with Crippen LogP contribution in [0.4, 0.5) is 0 Å². The van der Waals surface area contributed by atoms with Crippen LogP contribution < -0.4 is 5.32 Å². The van der Waals surface area contributed by atoms with Gasteiger partial charge < -0.3 is 5.32 Å². The molecule has 2 aromatic heterocycles. The van der Waals surface area contributed by atoms with Gasteiger partial charge >= 0.3 is 0 Å². The van der Waals surface area contributed by atoms with Crippen molar-refractivity contribution in [2.45, 2.75) is 13.5 Å². The molecule has 0 saturated carbocycles. The maximum atomic E-state index is 12.3. The normalized spacial score (nSPS) is 12.1. The van der Waals surface area contributed by atoms with Gasteiger partial charge in [0.05, 0.1) is 11.2 Å². The first-order valence-electron chi connectivity index (χ1n) is 7.60. The molecule has 1 aromatic carbocycles. The Balaban J connectivity index is 1.59. The Morgan fingerprint density at radius 3 is 2.96 bits per heavy atom. The summed E-state index contributed by atoms with van der Waals surface area (Å²) in [5.41, 5.74) is 0.843. The first kappa shape index (κ1) is 16.7. The number of nitrogens with one attached hydrogen (secondary N) is 1. The molecule has 5 nitrogen and oxygen atoms in total. The molecule has 0 aliphatic carbocycles. The molecular formula is C17H17ClN4OS. The number of carbonyl (C=O) groups is 1. The van der Waals surface area contributed by atoms with Crippen LogP contribution >= 0.6 is 22.9 Å². The highest BCUT2D eigenvalue weighted by molar-refractivity contribution is 7.17. The summed E-state index contributed by atoms with van der Waals surface area (Å²) in [6.45, 7) is 3.42. The molecule has 24 heavy (non-hydrogen) atoms. The van der Waals surface area contributed by atoms with Crippen LogP contribution in [0, 0.1) is 5.92 Å². The van der Waals surface area contributed by atoms with Crippen molar-refractivity contribution in [2.24, 2.45) is 5.92 Å². The number of benzene rings is 1. The van der Waals surface area contributed by atoms with Crippen LogP contribution in [0.2, 0.25) is 5.02 Å².